The fraction of sp³-hybridized carbons (Fsp3) is 1.00. The topological polar surface area (TPSA) is 29.3 Å². The lowest BCUT2D eigenvalue weighted by Gasteiger charge is -2.31. The van der Waals surface area contributed by atoms with E-state index in [4.69, 9.17) is 5.73 Å². The van der Waals surface area contributed by atoms with Gasteiger partial charge in [0.2, 0.25) is 0 Å². The molecular formula is C16H34N2. The van der Waals surface area contributed by atoms with Gasteiger partial charge in [-0.3, -0.25) is 0 Å². The van der Waals surface area contributed by atoms with E-state index in [0.29, 0.717) is 0 Å². The van der Waals surface area contributed by atoms with Gasteiger partial charge in [0.15, 0.2) is 0 Å². The number of hydrogen-bond donors (Lipinski definition) is 1. The van der Waals surface area contributed by atoms with Gasteiger partial charge in [-0.15, -0.1) is 0 Å². The van der Waals surface area contributed by atoms with E-state index < -0.39 is 0 Å². The third-order valence-corrected chi connectivity index (χ3v) is 4.64. The van der Waals surface area contributed by atoms with Crippen molar-refractivity contribution in [3.8, 4) is 0 Å². The molecule has 0 aromatic rings. The zero-order valence-corrected chi connectivity index (χ0v) is 12.7. The molecule has 0 saturated carbocycles. The Morgan fingerprint density at radius 3 is 2.39 bits per heavy atom. The summed E-state index contributed by atoms with van der Waals surface area (Å²) in [7, 11) is 0. The van der Waals surface area contributed by atoms with Gasteiger partial charge in [-0.05, 0) is 70.1 Å². The van der Waals surface area contributed by atoms with Gasteiger partial charge in [0.1, 0.15) is 0 Å². The highest BCUT2D eigenvalue weighted by molar-refractivity contribution is 4.71. The third kappa shape index (κ3) is 6.19. The number of nitrogens with zero attached hydrogens (tertiary/aromatic N) is 1. The van der Waals surface area contributed by atoms with Crippen molar-refractivity contribution in [1.82, 2.24) is 4.90 Å². The molecule has 2 heteroatoms. The van der Waals surface area contributed by atoms with E-state index in [9.17, 15) is 0 Å². The van der Waals surface area contributed by atoms with E-state index >= 15 is 0 Å². The average molecular weight is 254 g/mol. The molecule has 0 amide bonds. The van der Waals surface area contributed by atoms with Gasteiger partial charge in [0.05, 0.1) is 0 Å². The molecule has 18 heavy (non-hydrogen) atoms. The summed E-state index contributed by atoms with van der Waals surface area (Å²) in [4.78, 5) is 2.68. The molecule has 1 saturated heterocycles. The van der Waals surface area contributed by atoms with Crippen LogP contribution in [-0.4, -0.2) is 31.1 Å². The summed E-state index contributed by atoms with van der Waals surface area (Å²) in [5.41, 5.74) is 5.69. The van der Waals surface area contributed by atoms with E-state index in [0.717, 1.165) is 18.4 Å². The van der Waals surface area contributed by atoms with Gasteiger partial charge in [-0.25, -0.2) is 0 Å². The third-order valence-electron chi connectivity index (χ3n) is 4.64. The van der Waals surface area contributed by atoms with Crippen molar-refractivity contribution in [3.05, 3.63) is 0 Å². The molecule has 1 rings (SSSR count). The zero-order chi connectivity index (χ0) is 13.2. The van der Waals surface area contributed by atoms with Crippen molar-refractivity contribution in [3.63, 3.8) is 0 Å². The molecular weight excluding hydrogens is 220 g/mol. The van der Waals surface area contributed by atoms with Gasteiger partial charge in [0.25, 0.3) is 0 Å². The molecule has 0 aromatic heterocycles. The standard InChI is InChI=1S/C16H34N2/c1-3-6-16(8-11-17)7-5-12-18-13-9-15(4-2)10-14-18/h15-16H,3-14,17H2,1-2H3. The smallest absolute Gasteiger partial charge is 0.00161 e. The Labute approximate surface area is 114 Å². The predicted octanol–water partition coefficient (Wildman–Crippen LogP) is 3.65. The Hall–Kier alpha value is -0.0800. The molecule has 0 bridgehead atoms. The van der Waals surface area contributed by atoms with Gasteiger partial charge < -0.3 is 10.6 Å². The molecule has 0 spiro atoms. The van der Waals surface area contributed by atoms with E-state index in [2.05, 4.69) is 18.7 Å². The molecule has 1 heterocycles. The van der Waals surface area contributed by atoms with E-state index in [1.54, 1.807) is 0 Å². The van der Waals surface area contributed by atoms with Crippen molar-refractivity contribution in [2.75, 3.05) is 26.2 Å². The SMILES string of the molecule is CCCC(CCN)CCCN1CCC(CC)CC1. The molecule has 2 nitrogen and oxygen atoms in total. The molecule has 1 fully saturated rings. The second-order valence-electron chi connectivity index (χ2n) is 6.07. The molecule has 1 unspecified atom stereocenters. The first-order chi connectivity index (χ1) is 8.80. The Kier molecular flexibility index (Phi) is 8.70. The number of hydrogen-bond acceptors (Lipinski definition) is 2. The van der Waals surface area contributed by atoms with Crippen LogP contribution in [0.3, 0.4) is 0 Å². The van der Waals surface area contributed by atoms with Crippen LogP contribution in [0.25, 0.3) is 0 Å². The van der Waals surface area contributed by atoms with Gasteiger partial charge in [0, 0.05) is 0 Å². The Bertz CT molecular complexity index is 180. The van der Waals surface area contributed by atoms with Crippen molar-refractivity contribution in [2.45, 2.75) is 65.2 Å². The minimum atomic E-state index is 0.868. The summed E-state index contributed by atoms with van der Waals surface area (Å²) in [5, 5.41) is 0. The summed E-state index contributed by atoms with van der Waals surface area (Å²) < 4.78 is 0. The first-order valence-electron chi connectivity index (χ1n) is 8.22. The quantitative estimate of drug-likeness (QED) is 0.680. The number of likely N-dealkylation sites (tertiary alicyclic amines) is 1. The highest BCUT2D eigenvalue weighted by atomic mass is 15.1. The summed E-state index contributed by atoms with van der Waals surface area (Å²) in [6.07, 6.45) is 10.9. The Morgan fingerprint density at radius 2 is 1.83 bits per heavy atom. The molecule has 1 atom stereocenters. The largest absolute Gasteiger partial charge is 0.330 e. The van der Waals surface area contributed by atoms with Crippen LogP contribution in [0, 0.1) is 11.8 Å². The van der Waals surface area contributed by atoms with Crippen LogP contribution < -0.4 is 5.73 Å². The lowest BCUT2D eigenvalue weighted by molar-refractivity contribution is 0.175. The fourth-order valence-electron chi connectivity index (χ4n) is 3.30. The first-order valence-corrected chi connectivity index (χ1v) is 8.22. The number of nitrogens with two attached hydrogens (primary N) is 1. The lowest BCUT2D eigenvalue weighted by Crippen LogP contribution is -2.34. The summed E-state index contributed by atoms with van der Waals surface area (Å²) in [6, 6.07) is 0. The molecule has 0 aliphatic carbocycles. The predicted molar refractivity (Wildman–Crippen MR) is 80.8 cm³/mol. The van der Waals surface area contributed by atoms with Crippen molar-refractivity contribution < 1.29 is 0 Å². The molecule has 1 aliphatic heterocycles. The summed E-state index contributed by atoms with van der Waals surface area (Å²) >= 11 is 0. The highest BCUT2D eigenvalue weighted by Crippen LogP contribution is 2.21. The van der Waals surface area contributed by atoms with Crippen LogP contribution in [0.4, 0.5) is 0 Å². The minimum Gasteiger partial charge on any atom is -0.330 e. The van der Waals surface area contributed by atoms with Gasteiger partial charge in [-0.1, -0.05) is 33.1 Å². The molecule has 1 aliphatic rings. The van der Waals surface area contributed by atoms with Crippen LogP contribution in [0.5, 0.6) is 0 Å². The fourth-order valence-corrected chi connectivity index (χ4v) is 3.30. The summed E-state index contributed by atoms with van der Waals surface area (Å²) in [6.45, 7) is 9.50. The maximum atomic E-state index is 5.69. The van der Waals surface area contributed by atoms with E-state index in [1.165, 1.54) is 71.0 Å². The first kappa shape index (κ1) is 16.0. The van der Waals surface area contributed by atoms with Gasteiger partial charge in [-0.2, -0.15) is 0 Å². The number of rotatable bonds is 9. The van der Waals surface area contributed by atoms with Crippen LogP contribution in [0.1, 0.15) is 65.2 Å². The summed E-state index contributed by atoms with van der Waals surface area (Å²) in [5.74, 6) is 1.89. The van der Waals surface area contributed by atoms with E-state index in [-0.39, 0.29) is 0 Å². The molecule has 108 valence electrons. The van der Waals surface area contributed by atoms with Crippen LogP contribution in [-0.2, 0) is 0 Å². The lowest BCUT2D eigenvalue weighted by atomic mass is 9.93. The van der Waals surface area contributed by atoms with Crippen molar-refractivity contribution in [1.29, 1.82) is 0 Å². The second kappa shape index (κ2) is 9.80. The monoisotopic (exact) mass is 254 g/mol. The van der Waals surface area contributed by atoms with Crippen LogP contribution >= 0.6 is 0 Å². The maximum Gasteiger partial charge on any atom is -0.00161 e. The second-order valence-corrected chi connectivity index (χ2v) is 6.07. The maximum absolute atomic E-state index is 5.69. The highest BCUT2D eigenvalue weighted by Gasteiger charge is 2.17. The molecule has 0 radical (unpaired) electrons. The van der Waals surface area contributed by atoms with Crippen LogP contribution in [0.2, 0.25) is 0 Å². The normalized spacial score (nSPS) is 20.2. The zero-order valence-electron chi connectivity index (χ0n) is 12.7. The van der Waals surface area contributed by atoms with E-state index in [1.807, 2.05) is 0 Å². The molecule has 0 aromatic carbocycles. The Balaban J connectivity index is 2.09. The molecule has 2 N–H and O–H groups in total. The van der Waals surface area contributed by atoms with Gasteiger partial charge >= 0.3 is 0 Å². The minimum absolute atomic E-state index is 0.868. The van der Waals surface area contributed by atoms with Crippen LogP contribution in [0.15, 0.2) is 0 Å². The average Bonchev–Trinajstić information content (AvgIpc) is 2.40. The number of piperidine rings is 1. The van der Waals surface area contributed by atoms with Crippen molar-refractivity contribution in [2.24, 2.45) is 17.6 Å². The Morgan fingerprint density at radius 1 is 1.11 bits per heavy atom. The van der Waals surface area contributed by atoms with Crippen molar-refractivity contribution >= 4 is 0 Å².